The topological polar surface area (TPSA) is 102 Å². The summed E-state index contributed by atoms with van der Waals surface area (Å²) in [6.07, 6.45) is 0. The lowest BCUT2D eigenvalue weighted by molar-refractivity contribution is -0.383. The van der Waals surface area contributed by atoms with Crippen molar-refractivity contribution >= 4 is 44.3 Å². The molecule has 112 valence electrons. The van der Waals surface area contributed by atoms with E-state index in [2.05, 4.69) is 9.71 Å². The number of sulfonamides is 1. The molecule has 0 aliphatic carbocycles. The van der Waals surface area contributed by atoms with E-state index < -0.39 is 14.9 Å². The van der Waals surface area contributed by atoms with Crippen molar-refractivity contribution in [3.8, 4) is 0 Å². The van der Waals surface area contributed by atoms with Gasteiger partial charge < -0.3 is 0 Å². The number of nitro groups is 1. The zero-order valence-corrected chi connectivity index (χ0v) is 13.3. The second kappa shape index (κ2) is 5.58. The average molecular weight is 348 g/mol. The molecule has 0 aliphatic rings. The highest BCUT2D eigenvalue weighted by atomic mass is 35.5. The standard InChI is InChI=1S/C11H10ClN3O4S2/c1-6-3-4-9(15(16)17)8(5-6)14-21(18,19)10-7(2)13-11(12)20-10/h3-5,14H,1-2H3. The maximum atomic E-state index is 12.3. The number of aryl methyl sites for hydroxylation is 2. The molecular formula is C11H10ClN3O4S2. The number of hydrogen-bond acceptors (Lipinski definition) is 6. The first-order chi connectivity index (χ1) is 9.70. The van der Waals surface area contributed by atoms with Gasteiger partial charge in [-0.15, -0.1) is 0 Å². The Kier molecular flexibility index (Phi) is 4.17. The van der Waals surface area contributed by atoms with Gasteiger partial charge in [0.15, 0.2) is 8.68 Å². The van der Waals surface area contributed by atoms with Crippen LogP contribution >= 0.6 is 22.9 Å². The van der Waals surface area contributed by atoms with Crippen molar-refractivity contribution in [2.75, 3.05) is 4.72 Å². The largest absolute Gasteiger partial charge is 0.293 e. The fraction of sp³-hybridized carbons (Fsp3) is 0.182. The summed E-state index contributed by atoms with van der Waals surface area (Å²) in [6.45, 7) is 3.21. The highest BCUT2D eigenvalue weighted by Crippen LogP contribution is 2.31. The third kappa shape index (κ3) is 3.31. The van der Waals surface area contributed by atoms with Crippen LogP contribution in [0.4, 0.5) is 11.4 Å². The smallest absolute Gasteiger partial charge is 0.272 e. The first-order valence-corrected chi connectivity index (χ1v) is 8.29. The summed E-state index contributed by atoms with van der Waals surface area (Å²) in [5.74, 6) is 0. The molecule has 0 unspecified atom stereocenters. The minimum absolute atomic E-state index is 0.0664. The molecular weight excluding hydrogens is 338 g/mol. The van der Waals surface area contributed by atoms with Gasteiger partial charge in [0.1, 0.15) is 5.69 Å². The maximum Gasteiger partial charge on any atom is 0.293 e. The summed E-state index contributed by atoms with van der Waals surface area (Å²) >= 11 is 6.48. The van der Waals surface area contributed by atoms with Crippen LogP contribution in [0.5, 0.6) is 0 Å². The van der Waals surface area contributed by atoms with E-state index in [0.717, 1.165) is 11.3 Å². The Balaban J connectivity index is 2.48. The fourth-order valence-corrected chi connectivity index (χ4v) is 4.49. The molecule has 2 aromatic rings. The highest BCUT2D eigenvalue weighted by Gasteiger charge is 2.25. The van der Waals surface area contributed by atoms with Crippen LogP contribution in [-0.2, 0) is 10.0 Å². The Hall–Kier alpha value is -1.71. The minimum Gasteiger partial charge on any atom is -0.272 e. The molecule has 21 heavy (non-hydrogen) atoms. The Morgan fingerprint density at radius 3 is 2.57 bits per heavy atom. The van der Waals surface area contributed by atoms with Crippen molar-refractivity contribution in [1.82, 2.24) is 4.98 Å². The molecule has 0 aliphatic heterocycles. The number of aromatic nitrogens is 1. The summed E-state index contributed by atoms with van der Waals surface area (Å²) < 4.78 is 26.8. The molecule has 0 bridgehead atoms. The zero-order chi connectivity index (χ0) is 15.8. The Morgan fingerprint density at radius 2 is 2.05 bits per heavy atom. The Morgan fingerprint density at radius 1 is 1.38 bits per heavy atom. The molecule has 1 aromatic heterocycles. The lowest BCUT2D eigenvalue weighted by Crippen LogP contribution is -2.14. The quantitative estimate of drug-likeness (QED) is 0.676. The summed E-state index contributed by atoms with van der Waals surface area (Å²) in [5.41, 5.74) is 0.520. The van der Waals surface area contributed by atoms with Crippen LogP contribution in [0.15, 0.2) is 22.4 Å². The van der Waals surface area contributed by atoms with Gasteiger partial charge in [-0.1, -0.05) is 29.0 Å². The van der Waals surface area contributed by atoms with E-state index in [1.54, 1.807) is 6.92 Å². The van der Waals surface area contributed by atoms with Gasteiger partial charge in [0, 0.05) is 6.07 Å². The number of benzene rings is 1. The molecule has 7 nitrogen and oxygen atoms in total. The van der Waals surface area contributed by atoms with Gasteiger partial charge in [0.25, 0.3) is 15.7 Å². The molecule has 0 atom stereocenters. The van der Waals surface area contributed by atoms with Crippen LogP contribution in [0.2, 0.25) is 4.47 Å². The molecule has 0 spiro atoms. The average Bonchev–Trinajstić information content (AvgIpc) is 2.68. The molecule has 0 fully saturated rings. The monoisotopic (exact) mass is 347 g/mol. The van der Waals surface area contributed by atoms with E-state index in [-0.39, 0.29) is 25.7 Å². The van der Waals surface area contributed by atoms with Gasteiger partial charge in [0.2, 0.25) is 0 Å². The lowest BCUT2D eigenvalue weighted by atomic mass is 10.2. The van der Waals surface area contributed by atoms with E-state index in [9.17, 15) is 18.5 Å². The number of halogens is 1. The number of nitrogens with one attached hydrogen (secondary N) is 1. The Labute approximate surface area is 129 Å². The van der Waals surface area contributed by atoms with Crippen molar-refractivity contribution in [2.24, 2.45) is 0 Å². The summed E-state index contributed by atoms with van der Waals surface area (Å²) in [6, 6.07) is 4.18. The first-order valence-electron chi connectivity index (χ1n) is 5.61. The van der Waals surface area contributed by atoms with Crippen molar-refractivity contribution in [3.05, 3.63) is 44.0 Å². The highest BCUT2D eigenvalue weighted by molar-refractivity contribution is 7.94. The van der Waals surface area contributed by atoms with Crippen molar-refractivity contribution < 1.29 is 13.3 Å². The molecule has 0 saturated carbocycles. The molecule has 1 N–H and O–H groups in total. The van der Waals surface area contributed by atoms with Crippen LogP contribution in [0.1, 0.15) is 11.3 Å². The predicted octanol–water partition coefficient (Wildman–Crippen LogP) is 3.12. The van der Waals surface area contributed by atoms with E-state index >= 15 is 0 Å². The van der Waals surface area contributed by atoms with E-state index in [1.807, 2.05) is 0 Å². The number of thiazole rings is 1. The van der Waals surface area contributed by atoms with Crippen molar-refractivity contribution in [2.45, 2.75) is 18.1 Å². The third-order valence-electron chi connectivity index (χ3n) is 2.57. The van der Waals surface area contributed by atoms with Crippen LogP contribution in [0.3, 0.4) is 0 Å². The van der Waals surface area contributed by atoms with Gasteiger partial charge >= 0.3 is 0 Å². The van der Waals surface area contributed by atoms with Crippen molar-refractivity contribution in [3.63, 3.8) is 0 Å². The summed E-state index contributed by atoms with van der Waals surface area (Å²) in [4.78, 5) is 14.1. The molecule has 0 amide bonds. The van der Waals surface area contributed by atoms with Crippen LogP contribution in [0, 0.1) is 24.0 Å². The first kappa shape index (κ1) is 15.7. The number of nitrogens with zero attached hydrogens (tertiary/aromatic N) is 2. The van der Waals surface area contributed by atoms with E-state index in [1.165, 1.54) is 25.1 Å². The van der Waals surface area contributed by atoms with Gasteiger partial charge in [-0.3, -0.25) is 14.8 Å². The van der Waals surface area contributed by atoms with Crippen LogP contribution < -0.4 is 4.72 Å². The van der Waals surface area contributed by atoms with Crippen LogP contribution in [0.25, 0.3) is 0 Å². The second-order valence-corrected chi connectivity index (χ2v) is 7.68. The van der Waals surface area contributed by atoms with E-state index in [0.29, 0.717) is 5.56 Å². The predicted molar refractivity (Wildman–Crippen MR) is 80.5 cm³/mol. The normalized spacial score (nSPS) is 11.4. The van der Waals surface area contributed by atoms with Gasteiger partial charge in [0.05, 0.1) is 10.6 Å². The second-order valence-electron chi connectivity index (χ2n) is 4.22. The minimum atomic E-state index is -3.98. The van der Waals surface area contributed by atoms with Crippen molar-refractivity contribution in [1.29, 1.82) is 0 Å². The summed E-state index contributed by atoms with van der Waals surface area (Å²) in [7, 11) is -3.98. The number of hydrogen-bond donors (Lipinski definition) is 1. The number of anilines is 1. The zero-order valence-electron chi connectivity index (χ0n) is 11.0. The third-order valence-corrected chi connectivity index (χ3v) is 5.80. The number of nitro benzene ring substituents is 1. The van der Waals surface area contributed by atoms with Gasteiger partial charge in [-0.2, -0.15) is 0 Å². The number of rotatable bonds is 4. The molecule has 0 radical (unpaired) electrons. The Bertz CT molecular complexity index is 817. The molecule has 0 saturated heterocycles. The van der Waals surface area contributed by atoms with Gasteiger partial charge in [-0.05, 0) is 25.5 Å². The molecule has 1 aromatic carbocycles. The van der Waals surface area contributed by atoms with Gasteiger partial charge in [-0.25, -0.2) is 13.4 Å². The molecule has 1 heterocycles. The maximum absolute atomic E-state index is 12.3. The molecule has 10 heteroatoms. The molecule has 2 rings (SSSR count). The van der Waals surface area contributed by atoms with E-state index in [4.69, 9.17) is 11.6 Å². The SMILES string of the molecule is Cc1ccc([N+](=O)[O-])c(NS(=O)(=O)c2sc(Cl)nc2C)c1. The fourth-order valence-electron chi connectivity index (χ4n) is 1.68. The lowest BCUT2D eigenvalue weighted by Gasteiger charge is -2.08. The summed E-state index contributed by atoms with van der Waals surface area (Å²) in [5, 5.41) is 11.0. The van der Waals surface area contributed by atoms with Crippen LogP contribution in [-0.4, -0.2) is 18.3 Å².